The van der Waals surface area contributed by atoms with Crippen molar-refractivity contribution in [3.63, 3.8) is 0 Å². The molecule has 0 heterocycles. The quantitative estimate of drug-likeness (QED) is 0.0569. The molecule has 0 spiro atoms. The molecule has 2 N–H and O–H groups in total. The van der Waals surface area contributed by atoms with Gasteiger partial charge in [0.2, 0.25) is 5.75 Å². The predicted octanol–water partition coefficient (Wildman–Crippen LogP) is 1.63. The molecule has 0 fully saturated rings. The van der Waals surface area contributed by atoms with Crippen molar-refractivity contribution >= 4 is 23.8 Å². The molecular weight excluding hydrogens is 494 g/mol. The van der Waals surface area contributed by atoms with Gasteiger partial charge in [-0.05, 0) is 31.6 Å². The maximum atomic E-state index is 12.5. The van der Waals surface area contributed by atoms with Crippen molar-refractivity contribution in [1.82, 2.24) is 4.90 Å². The average molecular weight is 526 g/mol. The summed E-state index contributed by atoms with van der Waals surface area (Å²) in [4.78, 5) is 36.3. The van der Waals surface area contributed by atoms with Crippen LogP contribution in [0, 0.1) is 21.4 Å². The van der Waals surface area contributed by atoms with E-state index in [-0.39, 0.29) is 50.8 Å². The second-order valence-electron chi connectivity index (χ2n) is 7.05. The molecule has 0 aliphatic heterocycles. The number of benzene rings is 1. The van der Waals surface area contributed by atoms with Crippen LogP contribution in [0.1, 0.15) is 19.4 Å². The first-order chi connectivity index (χ1) is 17.8. The van der Waals surface area contributed by atoms with E-state index >= 15 is 0 Å². The van der Waals surface area contributed by atoms with Crippen molar-refractivity contribution in [3.8, 4) is 17.6 Å². The van der Waals surface area contributed by atoms with Crippen LogP contribution in [0.3, 0.4) is 0 Å². The van der Waals surface area contributed by atoms with E-state index in [0.717, 1.165) is 18.2 Å². The number of aliphatic hydroxyl groups excluding tert-OH is 1. The number of carbonyl (C=O) groups excluding carboxylic acids is 2. The van der Waals surface area contributed by atoms with Gasteiger partial charge in [-0.25, -0.2) is 4.79 Å². The number of nitriles is 1. The lowest BCUT2D eigenvalue weighted by atomic mass is 10.1. The summed E-state index contributed by atoms with van der Waals surface area (Å²) in [7, 11) is 0. The number of nitro groups is 1. The van der Waals surface area contributed by atoms with Crippen molar-refractivity contribution in [3.05, 3.63) is 33.4 Å². The highest BCUT2D eigenvalue weighted by Crippen LogP contribution is 2.38. The molecule has 0 aliphatic rings. The first kappa shape index (κ1) is 31.3. The Kier molecular flexibility index (Phi) is 14.9. The zero-order valence-corrected chi connectivity index (χ0v) is 20.7. The zero-order valence-electron chi connectivity index (χ0n) is 20.7. The summed E-state index contributed by atoms with van der Waals surface area (Å²) in [6.07, 6.45) is -0.161. The van der Waals surface area contributed by atoms with Crippen molar-refractivity contribution in [2.45, 2.75) is 13.8 Å². The summed E-state index contributed by atoms with van der Waals surface area (Å²) < 4.78 is 25.2. The molecule has 1 rings (SSSR count). The van der Waals surface area contributed by atoms with Gasteiger partial charge in [-0.2, -0.15) is 5.26 Å². The number of rotatable bonds is 17. The van der Waals surface area contributed by atoms with Gasteiger partial charge in [-0.15, -0.1) is 0 Å². The maximum absolute atomic E-state index is 12.5. The van der Waals surface area contributed by atoms with Crippen LogP contribution in [0.2, 0.25) is 0 Å². The second kappa shape index (κ2) is 17.6. The number of nitrogens with zero attached hydrogens (tertiary/aromatic N) is 3. The van der Waals surface area contributed by atoms with Crippen molar-refractivity contribution in [2.24, 2.45) is 0 Å². The number of ether oxygens (including phenoxy) is 5. The third-order valence-corrected chi connectivity index (χ3v) is 4.61. The minimum Gasteiger partial charge on any atom is -0.499 e. The lowest BCUT2D eigenvalue weighted by Gasteiger charge is -2.17. The summed E-state index contributed by atoms with van der Waals surface area (Å²) in [6, 6.07) is 3.76. The third kappa shape index (κ3) is 11.2. The first-order valence-electron chi connectivity index (χ1n) is 11.4. The standard InChI is InChI=1S/C23H31N3O11/c1-3-25(4-2)22(29)18(16-24)13-17-14-19(26(31)32)21(28)20(15-17)37-23(30)36-12-11-35-10-9-34-8-7-33-6-5-27/h13-15,27-28H,3-12H2,1-2H3/b18-13+. The van der Waals surface area contributed by atoms with Gasteiger partial charge in [0.15, 0.2) is 5.75 Å². The molecule has 37 heavy (non-hydrogen) atoms. The monoisotopic (exact) mass is 525 g/mol. The van der Waals surface area contributed by atoms with Crippen LogP contribution in [0.15, 0.2) is 17.7 Å². The van der Waals surface area contributed by atoms with Crippen LogP contribution in [-0.4, -0.2) is 98.0 Å². The topological polar surface area (TPSA) is 191 Å². The molecule has 0 saturated carbocycles. The van der Waals surface area contributed by atoms with Gasteiger partial charge in [0.25, 0.3) is 5.91 Å². The Balaban J connectivity index is 2.73. The fraction of sp³-hybridized carbons (Fsp3) is 0.522. The van der Waals surface area contributed by atoms with Crippen LogP contribution in [0.4, 0.5) is 10.5 Å². The molecule has 14 heteroatoms. The smallest absolute Gasteiger partial charge is 0.499 e. The van der Waals surface area contributed by atoms with Gasteiger partial charge in [0, 0.05) is 19.2 Å². The highest BCUT2D eigenvalue weighted by molar-refractivity contribution is 6.01. The lowest BCUT2D eigenvalue weighted by Crippen LogP contribution is -2.31. The van der Waals surface area contributed by atoms with Crippen LogP contribution < -0.4 is 4.74 Å². The highest BCUT2D eigenvalue weighted by Gasteiger charge is 2.23. The molecule has 14 nitrogen and oxygen atoms in total. The minimum atomic E-state index is -1.26. The van der Waals surface area contributed by atoms with E-state index in [1.165, 1.54) is 4.90 Å². The molecule has 0 radical (unpaired) electrons. The number of carbonyl (C=O) groups is 2. The number of aliphatic hydroxyl groups is 1. The van der Waals surface area contributed by atoms with Crippen LogP contribution in [0.25, 0.3) is 6.08 Å². The number of hydrogen-bond acceptors (Lipinski definition) is 12. The lowest BCUT2D eigenvalue weighted by molar-refractivity contribution is -0.385. The van der Waals surface area contributed by atoms with Gasteiger partial charge >= 0.3 is 11.8 Å². The number of aromatic hydroxyl groups is 1. The van der Waals surface area contributed by atoms with E-state index < -0.39 is 34.2 Å². The first-order valence-corrected chi connectivity index (χ1v) is 11.4. The van der Waals surface area contributed by atoms with Gasteiger partial charge < -0.3 is 38.8 Å². The van der Waals surface area contributed by atoms with Gasteiger partial charge in [0.05, 0.1) is 51.2 Å². The molecule has 1 aromatic rings. The summed E-state index contributed by atoms with van der Waals surface area (Å²) in [6.45, 7) is 5.28. The third-order valence-electron chi connectivity index (χ3n) is 4.61. The van der Waals surface area contributed by atoms with E-state index in [0.29, 0.717) is 26.3 Å². The van der Waals surface area contributed by atoms with E-state index in [1.807, 2.05) is 0 Å². The van der Waals surface area contributed by atoms with Gasteiger partial charge in [0.1, 0.15) is 18.2 Å². The number of hydrogen-bond donors (Lipinski definition) is 2. The summed E-state index contributed by atoms with van der Waals surface area (Å²) in [5.41, 5.74) is -1.11. The van der Waals surface area contributed by atoms with E-state index in [1.54, 1.807) is 19.9 Å². The predicted molar refractivity (Wildman–Crippen MR) is 128 cm³/mol. The maximum Gasteiger partial charge on any atom is 0.514 e. The molecule has 0 unspecified atom stereocenters. The molecule has 1 amide bonds. The van der Waals surface area contributed by atoms with Crippen LogP contribution in [0.5, 0.6) is 11.5 Å². The Hall–Kier alpha value is -3.77. The van der Waals surface area contributed by atoms with Gasteiger partial charge in [-0.3, -0.25) is 14.9 Å². The number of likely N-dealkylation sites (N-methyl/N-ethyl adjacent to an activating group) is 1. The number of nitro benzene ring substituents is 1. The van der Waals surface area contributed by atoms with Crippen molar-refractivity contribution in [2.75, 3.05) is 65.9 Å². The molecule has 1 aromatic carbocycles. The Bertz CT molecular complexity index is 971. The van der Waals surface area contributed by atoms with Crippen molar-refractivity contribution < 1.29 is 48.4 Å². The second-order valence-corrected chi connectivity index (χ2v) is 7.05. The molecule has 0 bridgehead atoms. The van der Waals surface area contributed by atoms with E-state index in [4.69, 9.17) is 28.8 Å². The molecule has 0 aromatic heterocycles. The Morgan fingerprint density at radius 1 is 1.05 bits per heavy atom. The average Bonchev–Trinajstić information content (AvgIpc) is 2.87. The SMILES string of the molecule is CCN(CC)C(=O)/C(C#N)=C/c1cc(OC(=O)OCCOCCOCCOCCO)c(O)c([N+](=O)[O-])c1. The normalized spacial score (nSPS) is 11.0. The summed E-state index contributed by atoms with van der Waals surface area (Å²) in [5.74, 6) is -2.09. The molecule has 0 atom stereocenters. The van der Waals surface area contributed by atoms with Crippen LogP contribution in [-0.2, 0) is 23.7 Å². The fourth-order valence-electron chi connectivity index (χ4n) is 2.81. The Morgan fingerprint density at radius 3 is 2.14 bits per heavy atom. The van der Waals surface area contributed by atoms with Crippen molar-refractivity contribution in [1.29, 1.82) is 5.26 Å². The highest BCUT2D eigenvalue weighted by atomic mass is 16.7. The van der Waals surface area contributed by atoms with Crippen LogP contribution >= 0.6 is 0 Å². The Morgan fingerprint density at radius 2 is 1.62 bits per heavy atom. The Labute approximate surface area is 213 Å². The zero-order chi connectivity index (χ0) is 27.6. The number of phenols is 1. The molecular formula is C23H31N3O11. The largest absolute Gasteiger partial charge is 0.514 e. The van der Waals surface area contributed by atoms with E-state index in [2.05, 4.69) is 0 Å². The van der Waals surface area contributed by atoms with Gasteiger partial charge in [-0.1, -0.05) is 0 Å². The van der Waals surface area contributed by atoms with E-state index in [9.17, 15) is 30.1 Å². The summed E-state index contributed by atoms with van der Waals surface area (Å²) >= 11 is 0. The molecule has 204 valence electrons. The minimum absolute atomic E-state index is 0.00732. The number of amides is 1. The molecule has 0 saturated heterocycles. The fourth-order valence-corrected chi connectivity index (χ4v) is 2.81. The number of phenolic OH excluding ortho intramolecular Hbond substituents is 1. The molecule has 0 aliphatic carbocycles. The summed E-state index contributed by atoms with van der Waals surface area (Å²) in [5, 5.41) is 39.5.